The number of halogens is 1. The summed E-state index contributed by atoms with van der Waals surface area (Å²) < 4.78 is 6.07. The van der Waals surface area contributed by atoms with E-state index in [0.29, 0.717) is 0 Å². The van der Waals surface area contributed by atoms with Crippen molar-refractivity contribution in [3.63, 3.8) is 0 Å². The quantitative estimate of drug-likeness (QED) is 0.735. The van der Waals surface area contributed by atoms with Gasteiger partial charge in [-0.1, -0.05) is 41.9 Å². The molecule has 108 valence electrons. The Kier molecular flexibility index (Phi) is 3.75. The fourth-order valence-electron chi connectivity index (χ4n) is 2.63. The zero-order chi connectivity index (χ0) is 15.0. The van der Waals surface area contributed by atoms with Crippen LogP contribution in [0.3, 0.4) is 0 Å². The highest BCUT2D eigenvalue weighted by atomic mass is 35.5. The van der Waals surface area contributed by atoms with Crippen molar-refractivity contribution in [2.45, 2.75) is 19.9 Å². The number of para-hydroxylation sites is 1. The first kappa shape index (κ1) is 14.2. The Labute approximate surface area is 129 Å². The summed E-state index contributed by atoms with van der Waals surface area (Å²) in [5, 5.41) is 5.22. The van der Waals surface area contributed by atoms with E-state index in [1.165, 1.54) is 0 Å². The van der Waals surface area contributed by atoms with Crippen molar-refractivity contribution in [2.75, 3.05) is 7.05 Å². The molecule has 0 bridgehead atoms. The minimum Gasteiger partial charge on any atom is -0.459 e. The Morgan fingerprint density at radius 3 is 2.52 bits per heavy atom. The van der Waals surface area contributed by atoms with E-state index >= 15 is 0 Å². The highest BCUT2D eigenvalue weighted by Crippen LogP contribution is 2.31. The molecule has 0 amide bonds. The highest BCUT2D eigenvalue weighted by Gasteiger charge is 2.18. The van der Waals surface area contributed by atoms with Crippen molar-refractivity contribution in [3.05, 3.63) is 69.9 Å². The summed E-state index contributed by atoms with van der Waals surface area (Å²) in [5.74, 6) is 0.904. The average molecular weight is 300 g/mol. The molecule has 3 aromatic rings. The van der Waals surface area contributed by atoms with Gasteiger partial charge in [0.15, 0.2) is 0 Å². The Hall–Kier alpha value is -1.77. The molecule has 3 rings (SSSR count). The lowest BCUT2D eigenvalue weighted by Crippen LogP contribution is -2.17. The molecule has 0 aliphatic rings. The van der Waals surface area contributed by atoms with Gasteiger partial charge in [-0.2, -0.15) is 0 Å². The molecule has 21 heavy (non-hydrogen) atoms. The van der Waals surface area contributed by atoms with Crippen LogP contribution in [0.25, 0.3) is 11.0 Å². The van der Waals surface area contributed by atoms with Crippen LogP contribution in [0, 0.1) is 13.8 Å². The van der Waals surface area contributed by atoms with E-state index in [9.17, 15) is 0 Å². The van der Waals surface area contributed by atoms with Crippen molar-refractivity contribution in [2.24, 2.45) is 0 Å². The molecule has 0 saturated heterocycles. The average Bonchev–Trinajstić information content (AvgIpc) is 2.89. The highest BCUT2D eigenvalue weighted by molar-refractivity contribution is 6.31. The van der Waals surface area contributed by atoms with Gasteiger partial charge >= 0.3 is 0 Å². The van der Waals surface area contributed by atoms with E-state index in [4.69, 9.17) is 16.0 Å². The SMILES string of the molecule is CNC(c1ccc(C)c(Cl)c1)c1cc2cccc(C)c2o1. The lowest BCUT2D eigenvalue weighted by atomic mass is 10.0. The van der Waals surface area contributed by atoms with Crippen LogP contribution in [0.4, 0.5) is 0 Å². The van der Waals surface area contributed by atoms with Gasteiger partial charge in [0.25, 0.3) is 0 Å². The van der Waals surface area contributed by atoms with Gasteiger partial charge < -0.3 is 9.73 Å². The predicted molar refractivity (Wildman–Crippen MR) is 88.0 cm³/mol. The predicted octanol–water partition coefficient (Wildman–Crippen LogP) is 5.01. The Bertz CT molecular complexity index is 791. The third-order valence-electron chi connectivity index (χ3n) is 3.86. The molecule has 3 heteroatoms. The molecule has 2 aromatic carbocycles. The molecular formula is C18H18ClNO. The van der Waals surface area contributed by atoms with Gasteiger partial charge in [0, 0.05) is 10.4 Å². The summed E-state index contributed by atoms with van der Waals surface area (Å²) in [6.07, 6.45) is 0. The third kappa shape index (κ3) is 2.57. The van der Waals surface area contributed by atoms with Crippen LogP contribution < -0.4 is 5.32 Å². The van der Waals surface area contributed by atoms with Crippen LogP contribution in [0.5, 0.6) is 0 Å². The largest absolute Gasteiger partial charge is 0.459 e. The minimum absolute atomic E-state index is 0.00472. The Morgan fingerprint density at radius 2 is 1.86 bits per heavy atom. The summed E-state index contributed by atoms with van der Waals surface area (Å²) in [7, 11) is 1.93. The van der Waals surface area contributed by atoms with E-state index in [1.54, 1.807) is 0 Å². The number of benzene rings is 2. The minimum atomic E-state index is -0.00472. The summed E-state index contributed by atoms with van der Waals surface area (Å²) in [5.41, 5.74) is 4.28. The smallest absolute Gasteiger partial charge is 0.137 e. The fourth-order valence-corrected chi connectivity index (χ4v) is 2.82. The lowest BCUT2D eigenvalue weighted by Gasteiger charge is -2.15. The lowest BCUT2D eigenvalue weighted by molar-refractivity contribution is 0.490. The van der Waals surface area contributed by atoms with Crippen molar-refractivity contribution in [1.29, 1.82) is 0 Å². The Balaban J connectivity index is 2.09. The van der Waals surface area contributed by atoms with Gasteiger partial charge in [0.2, 0.25) is 0 Å². The normalized spacial score (nSPS) is 12.8. The van der Waals surface area contributed by atoms with Gasteiger partial charge in [0.1, 0.15) is 11.3 Å². The first-order valence-corrected chi connectivity index (χ1v) is 7.40. The molecule has 0 saturated carbocycles. The second-order valence-electron chi connectivity index (χ2n) is 5.37. The van der Waals surface area contributed by atoms with Gasteiger partial charge in [0.05, 0.1) is 6.04 Å². The number of rotatable bonds is 3. The first-order valence-electron chi connectivity index (χ1n) is 7.02. The van der Waals surface area contributed by atoms with E-state index in [2.05, 4.69) is 36.5 Å². The van der Waals surface area contributed by atoms with E-state index in [1.807, 2.05) is 32.2 Å². The number of fused-ring (bicyclic) bond motifs is 1. The molecule has 1 aromatic heterocycles. The first-order chi connectivity index (χ1) is 10.1. The second-order valence-corrected chi connectivity index (χ2v) is 5.78. The zero-order valence-corrected chi connectivity index (χ0v) is 13.2. The van der Waals surface area contributed by atoms with Crippen LogP contribution in [0.15, 0.2) is 46.9 Å². The van der Waals surface area contributed by atoms with Crippen molar-refractivity contribution >= 4 is 22.6 Å². The molecule has 0 radical (unpaired) electrons. The van der Waals surface area contributed by atoms with E-state index in [-0.39, 0.29) is 6.04 Å². The molecule has 1 unspecified atom stereocenters. The van der Waals surface area contributed by atoms with Crippen LogP contribution in [0.1, 0.15) is 28.5 Å². The van der Waals surface area contributed by atoms with Gasteiger partial charge in [-0.15, -0.1) is 0 Å². The summed E-state index contributed by atoms with van der Waals surface area (Å²) in [6, 6.07) is 14.4. The van der Waals surface area contributed by atoms with Crippen LogP contribution >= 0.6 is 11.6 Å². The number of aryl methyl sites for hydroxylation is 2. The number of hydrogen-bond acceptors (Lipinski definition) is 2. The fraction of sp³-hybridized carbons (Fsp3) is 0.222. The molecule has 0 spiro atoms. The second kappa shape index (κ2) is 5.55. The summed E-state index contributed by atoms with van der Waals surface area (Å²) in [4.78, 5) is 0. The topological polar surface area (TPSA) is 25.2 Å². The number of nitrogens with one attached hydrogen (secondary N) is 1. The standard InChI is InChI=1S/C18H18ClNO/c1-11-7-8-13(9-15(11)19)17(20-3)16-10-14-6-4-5-12(2)18(14)21-16/h4-10,17,20H,1-3H3. The van der Waals surface area contributed by atoms with Gasteiger partial charge in [-0.25, -0.2) is 0 Å². The third-order valence-corrected chi connectivity index (χ3v) is 4.27. The van der Waals surface area contributed by atoms with Crippen molar-refractivity contribution < 1.29 is 4.42 Å². The maximum Gasteiger partial charge on any atom is 0.137 e. The van der Waals surface area contributed by atoms with E-state index < -0.39 is 0 Å². The van der Waals surface area contributed by atoms with Crippen LogP contribution in [-0.4, -0.2) is 7.05 Å². The van der Waals surface area contributed by atoms with Crippen LogP contribution in [-0.2, 0) is 0 Å². The molecule has 0 aliphatic carbocycles. The summed E-state index contributed by atoms with van der Waals surface area (Å²) in [6.45, 7) is 4.07. The van der Waals surface area contributed by atoms with Gasteiger partial charge in [-0.3, -0.25) is 0 Å². The molecule has 1 N–H and O–H groups in total. The maximum absolute atomic E-state index is 6.25. The number of hydrogen-bond donors (Lipinski definition) is 1. The molecule has 1 atom stereocenters. The monoisotopic (exact) mass is 299 g/mol. The maximum atomic E-state index is 6.25. The van der Waals surface area contributed by atoms with Crippen molar-refractivity contribution in [3.8, 4) is 0 Å². The molecule has 0 fully saturated rings. The van der Waals surface area contributed by atoms with Crippen molar-refractivity contribution in [1.82, 2.24) is 5.32 Å². The summed E-state index contributed by atoms with van der Waals surface area (Å²) >= 11 is 6.25. The van der Waals surface area contributed by atoms with Gasteiger partial charge in [-0.05, 0) is 49.7 Å². The molecule has 1 heterocycles. The Morgan fingerprint density at radius 1 is 1.05 bits per heavy atom. The number of furan rings is 1. The molecular weight excluding hydrogens is 282 g/mol. The zero-order valence-electron chi connectivity index (χ0n) is 12.4. The van der Waals surface area contributed by atoms with E-state index in [0.717, 1.165) is 38.4 Å². The molecule has 0 aliphatic heterocycles. The van der Waals surface area contributed by atoms with Crippen LogP contribution in [0.2, 0.25) is 5.02 Å². The molecule has 2 nitrogen and oxygen atoms in total.